The van der Waals surface area contributed by atoms with Crippen molar-refractivity contribution < 1.29 is 0 Å². The second kappa shape index (κ2) is 6.26. The van der Waals surface area contributed by atoms with E-state index in [1.54, 1.807) is 10.4 Å². The Hall–Kier alpha value is -1.97. The minimum atomic E-state index is -1.79. The highest BCUT2D eigenvalue weighted by Crippen LogP contribution is 2.50. The molecule has 0 amide bonds. The van der Waals surface area contributed by atoms with E-state index in [0.717, 1.165) is 16.7 Å². The first-order chi connectivity index (χ1) is 13.4. The van der Waals surface area contributed by atoms with E-state index >= 15 is 0 Å². The smallest absolute Gasteiger partial charge is 0.109 e. The highest BCUT2D eigenvalue weighted by Gasteiger charge is 2.40. The van der Waals surface area contributed by atoms with Crippen molar-refractivity contribution in [3.63, 3.8) is 0 Å². The average Bonchev–Trinajstić information content (AvgIpc) is 3.23. The van der Waals surface area contributed by atoms with E-state index in [2.05, 4.69) is 97.5 Å². The molecule has 0 bridgehead atoms. The van der Waals surface area contributed by atoms with Gasteiger partial charge in [0.1, 0.15) is 12.7 Å². The molecule has 2 aromatic rings. The van der Waals surface area contributed by atoms with Crippen molar-refractivity contribution in [2.24, 2.45) is 0 Å². The fraction of sp³-hybridized carbons (Fsp3) is 0.240. The predicted octanol–water partition coefficient (Wildman–Crippen LogP) is 7.03. The Morgan fingerprint density at radius 2 is 1.82 bits per heavy atom. The Morgan fingerprint density at radius 1 is 1.04 bits per heavy atom. The molecule has 1 atom stereocenters. The third kappa shape index (κ3) is 2.60. The highest BCUT2D eigenvalue weighted by molar-refractivity contribution is 9.10. The van der Waals surface area contributed by atoms with Crippen molar-refractivity contribution in [1.29, 1.82) is 0 Å². The summed E-state index contributed by atoms with van der Waals surface area (Å²) in [6.45, 7) is 9.67. The number of aromatic nitrogens is 1. The van der Waals surface area contributed by atoms with Gasteiger partial charge >= 0.3 is 0 Å². The number of pyridine rings is 1. The maximum Gasteiger partial charge on any atom is 0.109 e. The number of hydrogen-bond acceptors (Lipinski definition) is 1. The van der Waals surface area contributed by atoms with E-state index in [1.165, 1.54) is 33.4 Å². The molecule has 0 fully saturated rings. The summed E-state index contributed by atoms with van der Waals surface area (Å²) in [5.41, 5.74) is 9.70. The molecule has 3 heteroatoms. The summed E-state index contributed by atoms with van der Waals surface area (Å²) >= 11 is 3.55. The Balaban J connectivity index is 1.61. The first kappa shape index (κ1) is 18.1. The monoisotopic (exact) mass is 445 g/mol. The molecule has 3 aliphatic carbocycles. The van der Waals surface area contributed by atoms with Crippen LogP contribution < -0.4 is 0 Å². The maximum atomic E-state index is 4.79. The molecule has 1 nitrogen and oxygen atoms in total. The van der Waals surface area contributed by atoms with E-state index in [9.17, 15) is 0 Å². The van der Waals surface area contributed by atoms with Crippen LogP contribution in [0.3, 0.4) is 0 Å². The van der Waals surface area contributed by atoms with Crippen LogP contribution in [0.2, 0.25) is 13.1 Å². The summed E-state index contributed by atoms with van der Waals surface area (Å²) in [5.74, 6) is 0.391. The van der Waals surface area contributed by atoms with Gasteiger partial charge in [-0.2, -0.15) is 0 Å². The Labute approximate surface area is 176 Å². The number of nitrogens with zero attached hydrogens (tertiary/aromatic N) is 1. The molecule has 1 aromatic carbocycles. The summed E-state index contributed by atoms with van der Waals surface area (Å²) in [4.78, 5) is 4.79. The van der Waals surface area contributed by atoms with E-state index < -0.39 is 8.07 Å². The van der Waals surface area contributed by atoms with E-state index in [4.69, 9.17) is 4.98 Å². The lowest BCUT2D eigenvalue weighted by molar-refractivity contribution is 0.884. The lowest BCUT2D eigenvalue weighted by Crippen LogP contribution is -2.34. The zero-order valence-corrected chi connectivity index (χ0v) is 19.4. The normalized spacial score (nSPS) is 20.3. The molecule has 0 N–H and O–H groups in total. The molecule has 5 rings (SSSR count). The van der Waals surface area contributed by atoms with Gasteiger partial charge in [0.05, 0.1) is 5.69 Å². The lowest BCUT2D eigenvalue weighted by atomic mass is 9.83. The molecular formula is C25H24BrNSi. The predicted molar refractivity (Wildman–Crippen MR) is 125 cm³/mol. The lowest BCUT2D eigenvalue weighted by Gasteiger charge is -2.32. The fourth-order valence-electron chi connectivity index (χ4n) is 5.17. The second-order valence-corrected chi connectivity index (χ2v) is 13.9. The van der Waals surface area contributed by atoms with Crippen LogP contribution in [0.25, 0.3) is 12.2 Å². The van der Waals surface area contributed by atoms with E-state index in [1.807, 2.05) is 0 Å². The zero-order valence-electron chi connectivity index (χ0n) is 16.8. The van der Waals surface area contributed by atoms with Gasteiger partial charge in [0.15, 0.2) is 0 Å². The Kier molecular flexibility index (Phi) is 4.04. The van der Waals surface area contributed by atoms with Gasteiger partial charge in [0.2, 0.25) is 0 Å². The van der Waals surface area contributed by atoms with Gasteiger partial charge in [-0.25, -0.2) is 4.98 Å². The third-order valence-corrected chi connectivity index (χ3v) is 11.0. The van der Waals surface area contributed by atoms with Gasteiger partial charge in [-0.05, 0) is 74.4 Å². The Bertz CT molecular complexity index is 1150. The summed E-state index contributed by atoms with van der Waals surface area (Å²) in [6, 6.07) is 13.1. The number of rotatable bonds is 2. The van der Waals surface area contributed by atoms with Gasteiger partial charge < -0.3 is 0 Å². The summed E-state index contributed by atoms with van der Waals surface area (Å²) in [5, 5.41) is 3.24. The first-order valence-corrected chi connectivity index (χ1v) is 13.8. The number of hydrogen-bond donors (Lipinski definition) is 0. The topological polar surface area (TPSA) is 12.9 Å². The quantitative estimate of drug-likeness (QED) is 0.357. The van der Waals surface area contributed by atoms with Crippen LogP contribution in [-0.2, 0) is 6.42 Å². The van der Waals surface area contributed by atoms with Crippen molar-refractivity contribution in [2.75, 3.05) is 0 Å². The van der Waals surface area contributed by atoms with Crippen LogP contribution >= 0.6 is 15.9 Å². The minimum Gasteiger partial charge on any atom is -0.241 e. The van der Waals surface area contributed by atoms with Crippen molar-refractivity contribution >= 4 is 36.2 Å². The zero-order chi connectivity index (χ0) is 19.6. The number of halogens is 1. The molecule has 140 valence electrons. The summed E-state index contributed by atoms with van der Waals surface area (Å²) in [6.07, 6.45) is 8.35. The van der Waals surface area contributed by atoms with Crippen LogP contribution in [-0.4, -0.2) is 13.1 Å². The van der Waals surface area contributed by atoms with Crippen LogP contribution in [0.4, 0.5) is 0 Å². The third-order valence-electron chi connectivity index (χ3n) is 6.68. The minimum absolute atomic E-state index is 0.391. The van der Waals surface area contributed by atoms with E-state index in [-0.39, 0.29) is 0 Å². The summed E-state index contributed by atoms with van der Waals surface area (Å²) < 4.78 is 0.911. The van der Waals surface area contributed by atoms with Crippen LogP contribution in [0.15, 0.2) is 74.2 Å². The van der Waals surface area contributed by atoms with Crippen molar-refractivity contribution in [2.45, 2.75) is 39.3 Å². The Morgan fingerprint density at radius 3 is 2.61 bits per heavy atom. The number of benzene rings is 1. The fourth-order valence-corrected chi connectivity index (χ4v) is 8.91. The van der Waals surface area contributed by atoms with Gasteiger partial charge in [0.25, 0.3) is 0 Å². The van der Waals surface area contributed by atoms with Crippen LogP contribution in [0, 0.1) is 0 Å². The van der Waals surface area contributed by atoms with Gasteiger partial charge in [-0.3, -0.25) is 0 Å². The first-order valence-electron chi connectivity index (χ1n) is 9.97. The van der Waals surface area contributed by atoms with Crippen molar-refractivity contribution in [3.05, 3.63) is 96.6 Å². The molecule has 0 aliphatic heterocycles. The molecule has 28 heavy (non-hydrogen) atoms. The second-order valence-electron chi connectivity index (χ2n) is 8.72. The van der Waals surface area contributed by atoms with Gasteiger partial charge in [-0.1, -0.05) is 73.3 Å². The molecule has 0 saturated carbocycles. The average molecular weight is 446 g/mol. The standard InChI is InChI=1S/C25H24BrNSi/c1-15-11-21-16(2)20-9-10-24(26)27-23(20)14-22(21)25(15)28(3,4)19-12-17-7-5-6-8-18(17)13-19/h5-12,14,16H,13H2,1-4H3. The van der Waals surface area contributed by atoms with Crippen LogP contribution in [0.5, 0.6) is 0 Å². The highest BCUT2D eigenvalue weighted by atomic mass is 79.9. The molecule has 0 radical (unpaired) electrons. The molecule has 1 aromatic heterocycles. The molecule has 1 heterocycles. The SMILES string of the molecule is CC1=C([Si](C)(C)C2=Cc3ccccc3C2)C2=Cc3nc(Br)ccc3C(C)C2=C1. The van der Waals surface area contributed by atoms with Crippen LogP contribution in [0.1, 0.15) is 42.1 Å². The van der Waals surface area contributed by atoms with Crippen molar-refractivity contribution in [3.8, 4) is 0 Å². The number of allylic oxidation sites excluding steroid dienone is 6. The molecule has 3 aliphatic rings. The number of fused-ring (bicyclic) bond motifs is 3. The van der Waals surface area contributed by atoms with E-state index in [0.29, 0.717) is 5.92 Å². The molecular weight excluding hydrogens is 422 g/mol. The maximum absolute atomic E-state index is 4.79. The molecule has 1 unspecified atom stereocenters. The van der Waals surface area contributed by atoms with Gasteiger partial charge in [0, 0.05) is 5.92 Å². The summed E-state index contributed by atoms with van der Waals surface area (Å²) in [7, 11) is -1.79. The molecule has 0 saturated heterocycles. The largest absolute Gasteiger partial charge is 0.241 e. The van der Waals surface area contributed by atoms with Gasteiger partial charge in [-0.15, -0.1) is 0 Å². The molecule has 0 spiro atoms. The van der Waals surface area contributed by atoms with Crippen molar-refractivity contribution in [1.82, 2.24) is 4.98 Å².